The number of carbonyl (C=O) groups excluding carboxylic acids is 1. The highest BCUT2D eigenvalue weighted by molar-refractivity contribution is 6.04. The van der Waals surface area contributed by atoms with E-state index in [1.54, 1.807) is 0 Å². The number of rotatable bonds is 4. The second-order valence-corrected chi connectivity index (χ2v) is 5.66. The molecule has 19 heavy (non-hydrogen) atoms. The van der Waals surface area contributed by atoms with Gasteiger partial charge in [-0.3, -0.25) is 4.79 Å². The molecule has 0 bridgehead atoms. The zero-order valence-electron chi connectivity index (χ0n) is 12.0. The summed E-state index contributed by atoms with van der Waals surface area (Å²) in [4.78, 5) is 12.1. The zero-order valence-corrected chi connectivity index (χ0v) is 12.0. The van der Waals surface area contributed by atoms with E-state index in [-0.39, 0.29) is 18.1 Å². The molecule has 4 heteroatoms. The maximum Gasteiger partial charge on any atom is 0.247 e. The van der Waals surface area contributed by atoms with Crippen LogP contribution in [0.4, 0.5) is 11.4 Å². The zero-order chi connectivity index (χ0) is 14.0. The van der Waals surface area contributed by atoms with Gasteiger partial charge < -0.3 is 15.4 Å². The maximum atomic E-state index is 12.1. The molecule has 0 aliphatic carbocycles. The molecule has 104 valence electrons. The average Bonchev–Trinajstić information content (AvgIpc) is 2.30. The van der Waals surface area contributed by atoms with Gasteiger partial charge in [0, 0.05) is 0 Å². The molecule has 2 N–H and O–H groups in total. The van der Waals surface area contributed by atoms with E-state index < -0.39 is 0 Å². The first-order chi connectivity index (χ1) is 8.97. The van der Waals surface area contributed by atoms with Gasteiger partial charge in [0.05, 0.1) is 11.8 Å². The number of anilines is 2. The van der Waals surface area contributed by atoms with Crippen molar-refractivity contribution in [2.45, 2.75) is 46.3 Å². The van der Waals surface area contributed by atoms with Crippen LogP contribution in [0.1, 0.15) is 34.1 Å². The average molecular weight is 262 g/mol. The van der Waals surface area contributed by atoms with Gasteiger partial charge >= 0.3 is 0 Å². The minimum atomic E-state index is -0.165. The summed E-state index contributed by atoms with van der Waals surface area (Å²) in [5.74, 6) is 1.21. The lowest BCUT2D eigenvalue weighted by atomic mass is 10.0. The summed E-state index contributed by atoms with van der Waals surface area (Å²) in [6, 6.07) is 5.62. The molecule has 0 radical (unpaired) electrons. The summed E-state index contributed by atoms with van der Waals surface area (Å²) in [6.45, 7) is 8.17. The van der Waals surface area contributed by atoms with Crippen LogP contribution < -0.4 is 15.4 Å². The van der Waals surface area contributed by atoms with E-state index >= 15 is 0 Å². The number of hydrogen-bond acceptors (Lipinski definition) is 3. The summed E-state index contributed by atoms with van der Waals surface area (Å²) in [5.41, 5.74) is 1.68. The molecule has 1 amide bonds. The first kappa shape index (κ1) is 13.7. The molecule has 1 heterocycles. The highest BCUT2D eigenvalue weighted by atomic mass is 16.5. The van der Waals surface area contributed by atoms with Crippen molar-refractivity contribution in [2.24, 2.45) is 5.92 Å². The summed E-state index contributed by atoms with van der Waals surface area (Å²) in [5, 5.41) is 6.26. The molecule has 0 aromatic heterocycles. The van der Waals surface area contributed by atoms with Gasteiger partial charge in [0.25, 0.3) is 0 Å². The van der Waals surface area contributed by atoms with Gasteiger partial charge in [0.2, 0.25) is 5.91 Å². The highest BCUT2D eigenvalue weighted by Gasteiger charge is 2.28. The predicted octanol–water partition coefficient (Wildman–Crippen LogP) is 3.25. The number of carbonyl (C=O) groups is 1. The number of fused-ring (bicyclic) bond motifs is 1. The number of hydrogen-bond donors (Lipinski definition) is 2. The Labute approximate surface area is 114 Å². The van der Waals surface area contributed by atoms with Crippen LogP contribution in [0, 0.1) is 5.92 Å². The molecule has 1 aromatic carbocycles. The Morgan fingerprint density at radius 1 is 1.26 bits per heavy atom. The largest absolute Gasteiger partial charge is 0.489 e. The van der Waals surface area contributed by atoms with Crippen molar-refractivity contribution < 1.29 is 9.53 Å². The highest BCUT2D eigenvalue weighted by Crippen LogP contribution is 2.37. The molecular formula is C15H22N2O2. The second kappa shape index (κ2) is 5.51. The molecule has 1 atom stereocenters. The third kappa shape index (κ3) is 3.19. The van der Waals surface area contributed by atoms with E-state index in [1.165, 1.54) is 0 Å². The third-order valence-electron chi connectivity index (χ3n) is 2.99. The van der Waals surface area contributed by atoms with Gasteiger partial charge in [-0.2, -0.15) is 0 Å². The van der Waals surface area contributed by atoms with E-state index in [1.807, 2.05) is 32.0 Å². The van der Waals surface area contributed by atoms with Gasteiger partial charge in [-0.25, -0.2) is 0 Å². The molecule has 1 unspecified atom stereocenters. The summed E-state index contributed by atoms with van der Waals surface area (Å²) < 4.78 is 5.72. The van der Waals surface area contributed by atoms with E-state index in [4.69, 9.17) is 4.74 Å². The minimum Gasteiger partial charge on any atom is -0.489 e. The van der Waals surface area contributed by atoms with Gasteiger partial charge in [-0.05, 0) is 38.3 Å². The van der Waals surface area contributed by atoms with Gasteiger partial charge in [0.1, 0.15) is 17.5 Å². The number of benzene rings is 1. The van der Waals surface area contributed by atoms with Crippen molar-refractivity contribution >= 4 is 17.3 Å². The smallest absolute Gasteiger partial charge is 0.247 e. The van der Waals surface area contributed by atoms with Gasteiger partial charge in [-0.15, -0.1) is 0 Å². The van der Waals surface area contributed by atoms with Crippen molar-refractivity contribution in [1.29, 1.82) is 0 Å². The molecule has 0 saturated carbocycles. The van der Waals surface area contributed by atoms with Crippen LogP contribution >= 0.6 is 0 Å². The molecule has 0 fully saturated rings. The summed E-state index contributed by atoms with van der Waals surface area (Å²) in [7, 11) is 0. The van der Waals surface area contributed by atoms with Crippen LogP contribution in [0.5, 0.6) is 5.75 Å². The first-order valence-corrected chi connectivity index (χ1v) is 6.84. The lowest BCUT2D eigenvalue weighted by Crippen LogP contribution is -2.39. The Bertz CT molecular complexity index is 469. The Hall–Kier alpha value is -1.71. The van der Waals surface area contributed by atoms with Crippen LogP contribution in [0.3, 0.4) is 0 Å². The van der Waals surface area contributed by atoms with E-state index in [2.05, 4.69) is 24.5 Å². The topological polar surface area (TPSA) is 50.4 Å². The van der Waals surface area contributed by atoms with Crippen molar-refractivity contribution in [3.63, 3.8) is 0 Å². The molecule has 1 aromatic rings. The fraction of sp³-hybridized carbons (Fsp3) is 0.533. The van der Waals surface area contributed by atoms with Crippen LogP contribution in [-0.4, -0.2) is 18.1 Å². The molecular weight excluding hydrogens is 240 g/mol. The Kier molecular flexibility index (Phi) is 3.98. The molecule has 0 spiro atoms. The minimum absolute atomic E-state index is 0.0148. The fourth-order valence-corrected chi connectivity index (χ4v) is 2.23. The normalized spacial score (nSPS) is 18.0. The Balaban J connectivity index is 2.24. The lowest BCUT2D eigenvalue weighted by molar-refractivity contribution is -0.117. The van der Waals surface area contributed by atoms with Crippen molar-refractivity contribution in [3.05, 3.63) is 18.2 Å². The van der Waals surface area contributed by atoms with Crippen LogP contribution in [0.2, 0.25) is 0 Å². The summed E-state index contributed by atoms with van der Waals surface area (Å²) >= 11 is 0. The number of amides is 1. The fourth-order valence-electron chi connectivity index (χ4n) is 2.23. The van der Waals surface area contributed by atoms with Crippen LogP contribution in [-0.2, 0) is 4.79 Å². The number of ether oxygens (including phenoxy) is 1. The monoisotopic (exact) mass is 262 g/mol. The van der Waals surface area contributed by atoms with Crippen LogP contribution in [0.25, 0.3) is 0 Å². The van der Waals surface area contributed by atoms with Crippen molar-refractivity contribution in [1.82, 2.24) is 0 Å². The molecule has 1 aliphatic heterocycles. The quantitative estimate of drug-likeness (QED) is 0.875. The maximum absolute atomic E-state index is 12.1. The lowest BCUT2D eigenvalue weighted by Gasteiger charge is -2.29. The van der Waals surface area contributed by atoms with E-state index in [9.17, 15) is 4.79 Å². The van der Waals surface area contributed by atoms with Gasteiger partial charge in [0.15, 0.2) is 0 Å². The molecule has 1 aliphatic rings. The van der Waals surface area contributed by atoms with E-state index in [0.29, 0.717) is 5.92 Å². The first-order valence-electron chi connectivity index (χ1n) is 6.84. The van der Waals surface area contributed by atoms with Crippen LogP contribution in [0.15, 0.2) is 18.2 Å². The molecule has 2 rings (SSSR count). The second-order valence-electron chi connectivity index (χ2n) is 5.66. The number of para-hydroxylation sites is 1. The molecule has 0 saturated heterocycles. The van der Waals surface area contributed by atoms with Crippen molar-refractivity contribution in [3.8, 4) is 5.75 Å². The Morgan fingerprint density at radius 2 is 2.00 bits per heavy atom. The van der Waals surface area contributed by atoms with E-state index in [0.717, 1.165) is 23.5 Å². The SMILES string of the molecule is CC(C)CC1Nc2cccc(OC(C)C)c2NC1=O. The third-order valence-corrected chi connectivity index (χ3v) is 2.99. The van der Waals surface area contributed by atoms with Gasteiger partial charge in [-0.1, -0.05) is 19.9 Å². The van der Waals surface area contributed by atoms with Crippen molar-refractivity contribution in [2.75, 3.05) is 10.6 Å². The predicted molar refractivity (Wildman–Crippen MR) is 77.7 cm³/mol. The Morgan fingerprint density at radius 3 is 2.63 bits per heavy atom. The standard InChI is InChI=1S/C15H22N2O2/c1-9(2)8-12-15(18)17-14-11(16-12)6-5-7-13(14)19-10(3)4/h5-7,9-10,12,16H,8H2,1-4H3,(H,17,18). The molecule has 4 nitrogen and oxygen atoms in total. The summed E-state index contributed by atoms with van der Waals surface area (Å²) in [6.07, 6.45) is 0.900. The number of nitrogens with one attached hydrogen (secondary N) is 2.